The van der Waals surface area contributed by atoms with Crippen LogP contribution in [0, 0.1) is 0 Å². The highest BCUT2D eigenvalue weighted by molar-refractivity contribution is 5.87. The Kier molecular flexibility index (Phi) is 6.11. The summed E-state index contributed by atoms with van der Waals surface area (Å²) in [6.07, 6.45) is 1.50. The van der Waals surface area contributed by atoms with Crippen LogP contribution in [0.3, 0.4) is 0 Å². The van der Waals surface area contributed by atoms with Crippen LogP contribution in [-0.2, 0) is 11.4 Å². The molecule has 0 atom stereocenters. The number of benzene rings is 2. The number of methoxy groups -OCH3 is 1. The number of ether oxygens (including phenoxy) is 2. The van der Waals surface area contributed by atoms with Gasteiger partial charge in [0, 0.05) is 6.92 Å². The fourth-order valence-corrected chi connectivity index (χ4v) is 1.99. The number of nitrogens with one attached hydrogen (secondary N) is 1. The van der Waals surface area contributed by atoms with Crippen molar-refractivity contribution in [2.24, 2.45) is 5.10 Å². The number of hydrogen-bond donors (Lipinski definition) is 2. The monoisotopic (exact) mass is 342 g/mol. The number of carbonyl (C=O) groups is 2. The van der Waals surface area contributed by atoms with Gasteiger partial charge in [0.2, 0.25) is 5.91 Å². The molecule has 7 nitrogen and oxygen atoms in total. The molecular formula is C18H18N2O5. The van der Waals surface area contributed by atoms with E-state index in [-0.39, 0.29) is 18.1 Å². The number of nitrogens with zero attached hydrogens (tertiary/aromatic N) is 1. The molecule has 0 saturated heterocycles. The summed E-state index contributed by atoms with van der Waals surface area (Å²) >= 11 is 0. The van der Waals surface area contributed by atoms with Gasteiger partial charge in [-0.3, -0.25) is 4.79 Å². The van der Waals surface area contributed by atoms with Crippen LogP contribution in [0.1, 0.15) is 28.4 Å². The molecule has 2 rings (SSSR count). The Morgan fingerprint density at radius 1 is 1.16 bits per heavy atom. The Labute approximate surface area is 144 Å². The van der Waals surface area contributed by atoms with E-state index in [1.54, 1.807) is 30.3 Å². The zero-order chi connectivity index (χ0) is 18.2. The first kappa shape index (κ1) is 18.0. The minimum Gasteiger partial charge on any atom is -0.493 e. The minimum absolute atomic E-state index is 0.226. The van der Waals surface area contributed by atoms with E-state index < -0.39 is 5.97 Å². The molecule has 0 aliphatic heterocycles. The molecular weight excluding hydrogens is 324 g/mol. The van der Waals surface area contributed by atoms with Gasteiger partial charge >= 0.3 is 5.97 Å². The van der Waals surface area contributed by atoms with Gasteiger partial charge in [0.25, 0.3) is 0 Å². The van der Waals surface area contributed by atoms with E-state index in [1.807, 2.05) is 0 Å². The third-order valence-electron chi connectivity index (χ3n) is 3.22. The summed E-state index contributed by atoms with van der Waals surface area (Å²) < 4.78 is 11.0. The average Bonchev–Trinajstić information content (AvgIpc) is 2.60. The van der Waals surface area contributed by atoms with Crippen molar-refractivity contribution in [1.29, 1.82) is 0 Å². The molecule has 0 bridgehead atoms. The van der Waals surface area contributed by atoms with Crippen LogP contribution in [0.2, 0.25) is 0 Å². The molecule has 130 valence electrons. The van der Waals surface area contributed by atoms with E-state index in [1.165, 1.54) is 32.4 Å². The lowest BCUT2D eigenvalue weighted by Gasteiger charge is -2.11. The van der Waals surface area contributed by atoms with Gasteiger partial charge in [-0.15, -0.1) is 0 Å². The Hall–Kier alpha value is -3.35. The first-order valence-electron chi connectivity index (χ1n) is 7.42. The zero-order valence-corrected chi connectivity index (χ0v) is 13.9. The molecule has 2 aromatic carbocycles. The van der Waals surface area contributed by atoms with Crippen LogP contribution in [0.15, 0.2) is 47.6 Å². The second-order valence-corrected chi connectivity index (χ2v) is 5.13. The fraction of sp³-hybridized carbons (Fsp3) is 0.167. The molecule has 0 aliphatic rings. The van der Waals surface area contributed by atoms with Crippen molar-refractivity contribution in [3.05, 3.63) is 59.2 Å². The first-order valence-corrected chi connectivity index (χ1v) is 7.42. The zero-order valence-electron chi connectivity index (χ0n) is 13.9. The third kappa shape index (κ3) is 5.35. The highest BCUT2D eigenvalue weighted by Crippen LogP contribution is 2.28. The topological polar surface area (TPSA) is 97.2 Å². The predicted octanol–water partition coefficient (Wildman–Crippen LogP) is 2.44. The second-order valence-electron chi connectivity index (χ2n) is 5.13. The maximum absolute atomic E-state index is 10.8. The van der Waals surface area contributed by atoms with E-state index in [2.05, 4.69) is 10.5 Å². The van der Waals surface area contributed by atoms with E-state index in [4.69, 9.17) is 14.6 Å². The molecule has 25 heavy (non-hydrogen) atoms. The molecule has 0 aromatic heterocycles. The van der Waals surface area contributed by atoms with Crippen LogP contribution in [0.25, 0.3) is 0 Å². The molecule has 0 spiro atoms. The molecule has 1 amide bonds. The molecule has 0 saturated carbocycles. The molecule has 0 unspecified atom stereocenters. The molecule has 0 aliphatic carbocycles. The maximum atomic E-state index is 10.8. The fourth-order valence-electron chi connectivity index (χ4n) is 1.99. The van der Waals surface area contributed by atoms with Crippen LogP contribution in [0.5, 0.6) is 11.5 Å². The van der Waals surface area contributed by atoms with Gasteiger partial charge < -0.3 is 14.6 Å². The number of aromatic carboxylic acids is 1. The molecule has 0 fully saturated rings. The molecule has 2 N–H and O–H groups in total. The Balaban J connectivity index is 2.04. The van der Waals surface area contributed by atoms with Crippen LogP contribution in [0.4, 0.5) is 0 Å². The van der Waals surface area contributed by atoms with Crippen LogP contribution >= 0.6 is 0 Å². The van der Waals surface area contributed by atoms with Crippen molar-refractivity contribution in [3.63, 3.8) is 0 Å². The summed E-state index contributed by atoms with van der Waals surface area (Å²) in [4.78, 5) is 21.6. The van der Waals surface area contributed by atoms with E-state index >= 15 is 0 Å². The lowest BCUT2D eigenvalue weighted by atomic mass is 10.1. The van der Waals surface area contributed by atoms with Crippen molar-refractivity contribution in [2.75, 3.05) is 7.11 Å². The smallest absolute Gasteiger partial charge is 0.335 e. The van der Waals surface area contributed by atoms with Gasteiger partial charge in [-0.25, -0.2) is 10.2 Å². The van der Waals surface area contributed by atoms with Crippen molar-refractivity contribution < 1.29 is 24.2 Å². The van der Waals surface area contributed by atoms with Crippen molar-refractivity contribution in [2.45, 2.75) is 13.5 Å². The highest BCUT2D eigenvalue weighted by Gasteiger charge is 2.07. The molecule has 0 heterocycles. The summed E-state index contributed by atoms with van der Waals surface area (Å²) in [6, 6.07) is 11.7. The number of hydrazone groups is 1. The Morgan fingerprint density at radius 2 is 1.88 bits per heavy atom. The predicted molar refractivity (Wildman–Crippen MR) is 92.1 cm³/mol. The highest BCUT2D eigenvalue weighted by atomic mass is 16.5. The summed E-state index contributed by atoms with van der Waals surface area (Å²) in [5, 5.41) is 12.7. The quantitative estimate of drug-likeness (QED) is 0.595. The standard InChI is InChI=1S/C18H18N2O5/c1-12(21)20-19-10-14-5-8-16(17(9-14)24-2)25-11-13-3-6-15(7-4-13)18(22)23/h3-10H,11H2,1-2H3,(H,20,21)(H,22,23)/b19-10+. The summed E-state index contributed by atoms with van der Waals surface area (Å²) in [5.74, 6) is -0.154. The number of carbonyl (C=O) groups excluding carboxylic acids is 1. The first-order chi connectivity index (χ1) is 12.0. The van der Waals surface area contributed by atoms with Crippen molar-refractivity contribution >= 4 is 18.1 Å². The third-order valence-corrected chi connectivity index (χ3v) is 3.22. The summed E-state index contributed by atoms with van der Waals surface area (Å²) in [7, 11) is 1.53. The second kappa shape index (κ2) is 8.49. The van der Waals surface area contributed by atoms with Gasteiger partial charge in [0.15, 0.2) is 11.5 Å². The Bertz CT molecular complexity index is 785. The van der Waals surface area contributed by atoms with Crippen LogP contribution in [-0.4, -0.2) is 30.3 Å². The number of carboxylic acids is 1. The number of carboxylic acid groups (broad SMARTS) is 1. The van der Waals surface area contributed by atoms with E-state index in [0.29, 0.717) is 11.5 Å². The van der Waals surface area contributed by atoms with Crippen molar-refractivity contribution in [3.8, 4) is 11.5 Å². The summed E-state index contributed by atoms with van der Waals surface area (Å²) in [5.41, 5.74) is 4.12. The van der Waals surface area contributed by atoms with Gasteiger partial charge in [-0.2, -0.15) is 5.10 Å². The number of amides is 1. The van der Waals surface area contributed by atoms with E-state index in [9.17, 15) is 9.59 Å². The lowest BCUT2D eigenvalue weighted by molar-refractivity contribution is -0.118. The summed E-state index contributed by atoms with van der Waals surface area (Å²) in [6.45, 7) is 1.65. The van der Waals surface area contributed by atoms with Gasteiger partial charge in [0.1, 0.15) is 6.61 Å². The average molecular weight is 342 g/mol. The lowest BCUT2D eigenvalue weighted by Crippen LogP contribution is -2.12. The SMILES string of the molecule is COc1cc(/C=N/NC(C)=O)ccc1OCc1ccc(C(=O)O)cc1. The maximum Gasteiger partial charge on any atom is 0.335 e. The number of hydrogen-bond acceptors (Lipinski definition) is 5. The molecule has 7 heteroatoms. The van der Waals surface area contributed by atoms with Crippen LogP contribution < -0.4 is 14.9 Å². The van der Waals surface area contributed by atoms with Gasteiger partial charge in [0.05, 0.1) is 18.9 Å². The molecule has 2 aromatic rings. The van der Waals surface area contributed by atoms with Gasteiger partial charge in [-0.1, -0.05) is 12.1 Å². The van der Waals surface area contributed by atoms with Gasteiger partial charge in [-0.05, 0) is 41.5 Å². The number of rotatable bonds is 7. The largest absolute Gasteiger partial charge is 0.493 e. The molecule has 0 radical (unpaired) electrons. The normalized spacial score (nSPS) is 10.5. The Morgan fingerprint density at radius 3 is 2.48 bits per heavy atom. The van der Waals surface area contributed by atoms with E-state index in [0.717, 1.165) is 11.1 Å². The minimum atomic E-state index is -0.967. The van der Waals surface area contributed by atoms with Crippen molar-refractivity contribution in [1.82, 2.24) is 5.43 Å².